The highest BCUT2D eigenvalue weighted by Gasteiger charge is 2.29. The van der Waals surface area contributed by atoms with E-state index < -0.39 is 40.9 Å². The van der Waals surface area contributed by atoms with E-state index in [1.807, 2.05) is 27.7 Å². The van der Waals surface area contributed by atoms with Gasteiger partial charge in [-0.15, -0.1) is 0 Å². The van der Waals surface area contributed by atoms with E-state index >= 15 is 0 Å². The number of nitrogens with one attached hydrogen (secondary N) is 3. The minimum Gasteiger partial charge on any atom is -0.490 e. The third-order valence-electron chi connectivity index (χ3n) is 11.5. The van der Waals surface area contributed by atoms with Crippen LogP contribution < -0.4 is 32.2 Å². The van der Waals surface area contributed by atoms with Crippen molar-refractivity contribution >= 4 is 75.6 Å². The van der Waals surface area contributed by atoms with Gasteiger partial charge in [0.1, 0.15) is 40.3 Å². The van der Waals surface area contributed by atoms with Crippen LogP contribution in [0.1, 0.15) is 108 Å². The van der Waals surface area contributed by atoms with Crippen LogP contribution in [0.5, 0.6) is 5.75 Å². The number of ether oxygens (including phenoxy) is 3. The average molecular weight is 1020 g/mol. The number of hydrogen-bond acceptors (Lipinski definition) is 15. The Hall–Kier alpha value is -8.35. The van der Waals surface area contributed by atoms with Crippen LogP contribution in [0.3, 0.4) is 0 Å². The fourth-order valence-electron chi connectivity index (χ4n) is 8.19. The summed E-state index contributed by atoms with van der Waals surface area (Å²) >= 11 is 0. The van der Waals surface area contributed by atoms with Crippen LogP contribution in [0.2, 0.25) is 0 Å². The Morgan fingerprint density at radius 3 is 1.96 bits per heavy atom. The topological polar surface area (TPSA) is 309 Å². The molecule has 1 aliphatic rings. The number of nitrogens with zero attached hydrogens (tertiary/aromatic N) is 11. The van der Waals surface area contributed by atoms with Crippen LogP contribution in [0, 0.1) is 13.8 Å². The lowest BCUT2D eigenvalue weighted by molar-refractivity contribution is 0.0136. The van der Waals surface area contributed by atoms with Gasteiger partial charge < -0.3 is 35.1 Å². The molecular formula is C49H64N16O9. The zero-order valence-corrected chi connectivity index (χ0v) is 43.4. The van der Waals surface area contributed by atoms with Gasteiger partial charge in [-0.05, 0) is 93.5 Å². The largest absolute Gasteiger partial charge is 0.490 e. The van der Waals surface area contributed by atoms with Crippen LogP contribution in [-0.2, 0) is 35.7 Å². The molecule has 1 saturated heterocycles. The summed E-state index contributed by atoms with van der Waals surface area (Å²) in [5.41, 5.74) is 13.0. The van der Waals surface area contributed by atoms with Crippen molar-refractivity contribution in [3.05, 3.63) is 76.5 Å². The molecule has 0 radical (unpaired) electrons. The predicted octanol–water partition coefficient (Wildman–Crippen LogP) is 5.07. The summed E-state index contributed by atoms with van der Waals surface area (Å²) in [4.78, 5) is 96.6. The third kappa shape index (κ3) is 12.5. The van der Waals surface area contributed by atoms with Crippen LogP contribution in [0.25, 0.3) is 22.2 Å². The fraction of sp³-hybridized carbons (Fsp3) is 0.449. The van der Waals surface area contributed by atoms with Crippen LogP contribution in [-0.4, -0.2) is 140 Å². The molecular weight excluding hydrogens is 957 g/mol. The number of anilines is 3. The number of aryl methyl sites for hydroxylation is 4. The zero-order chi connectivity index (χ0) is 53.8. The maximum Gasteiger partial charge on any atom is 0.412 e. The molecule has 0 atom stereocenters. The van der Waals surface area contributed by atoms with Crippen molar-refractivity contribution in [2.75, 3.05) is 55.3 Å². The quantitative estimate of drug-likeness (QED) is 0.0745. The molecule has 5 aromatic heterocycles. The molecule has 25 heteroatoms. The molecule has 1 fully saturated rings. The predicted molar refractivity (Wildman–Crippen MR) is 274 cm³/mol. The Kier molecular flexibility index (Phi) is 15.7. The summed E-state index contributed by atoms with van der Waals surface area (Å²) in [7, 11) is 0. The summed E-state index contributed by atoms with van der Waals surface area (Å²) in [5, 5.41) is 17.4. The summed E-state index contributed by atoms with van der Waals surface area (Å²) in [5.74, 6) is -2.17. The van der Waals surface area contributed by atoms with Gasteiger partial charge in [-0.3, -0.25) is 54.0 Å². The number of allylic oxidation sites excluding steroid dienone is 2. The number of amides is 6. The minimum atomic E-state index is -0.830. The summed E-state index contributed by atoms with van der Waals surface area (Å²) < 4.78 is 23.9. The van der Waals surface area contributed by atoms with Crippen molar-refractivity contribution in [3.63, 3.8) is 0 Å². The van der Waals surface area contributed by atoms with Gasteiger partial charge in [0.25, 0.3) is 11.8 Å². The molecule has 6 aromatic rings. The first-order valence-electron chi connectivity index (χ1n) is 24.2. The molecule has 0 aliphatic carbocycles. The summed E-state index contributed by atoms with van der Waals surface area (Å²) in [6.45, 7) is 21.3. The van der Waals surface area contributed by atoms with Gasteiger partial charge in [0.05, 0.1) is 28.2 Å². The summed E-state index contributed by atoms with van der Waals surface area (Å²) in [6.07, 6.45) is 3.74. The second-order valence-electron chi connectivity index (χ2n) is 19.5. The number of nitrogens with two attached hydrogens (primary N) is 2. The number of hydrogen-bond donors (Lipinski definition) is 5. The number of piperazine rings is 1. The zero-order valence-electron chi connectivity index (χ0n) is 43.4. The second-order valence-corrected chi connectivity index (χ2v) is 19.5. The Balaban J connectivity index is 1.23. The number of fused-ring (bicyclic) bond motifs is 2. The third-order valence-corrected chi connectivity index (χ3v) is 11.5. The Morgan fingerprint density at radius 2 is 1.32 bits per heavy atom. The Bertz CT molecular complexity index is 3160. The molecule has 74 heavy (non-hydrogen) atoms. The van der Waals surface area contributed by atoms with Crippen LogP contribution in [0.4, 0.5) is 27.2 Å². The monoisotopic (exact) mass is 1020 g/mol. The highest BCUT2D eigenvalue weighted by atomic mass is 16.6. The number of imidazole rings is 2. The smallest absolute Gasteiger partial charge is 0.412 e. The molecule has 0 unspecified atom stereocenters. The maximum atomic E-state index is 14.5. The van der Waals surface area contributed by atoms with Crippen molar-refractivity contribution in [2.24, 2.45) is 11.5 Å². The van der Waals surface area contributed by atoms with Gasteiger partial charge in [0, 0.05) is 70.7 Å². The second kappa shape index (κ2) is 21.8. The average Bonchev–Trinajstić information content (AvgIpc) is 4.07. The highest BCUT2D eigenvalue weighted by Crippen LogP contribution is 2.32. The standard InChI is InChI=1S/C49H64N16O9/c1-11-64-34(23-28(3)58-64)42(68)56-45-54-33-25-31(40(51)67)27-52-41(33)63(45)16-14-13-15-62-37-32(53-44(62)57-43(69)38-36(29(4)59-65(38)12-2)55-46(70)73-48(5,6)7)24-30(39(50)66)26-35(37)72-22-21-60-17-19-61(20-18-60)47(71)74-49(8,9)10/h13-14,23-27H,11-12,15-22H2,1-10H3,(H2,50,66)(H2,51,67)(H,55,70)(H,53,57,69)(H,54,56,68)/b14-13+. The summed E-state index contributed by atoms with van der Waals surface area (Å²) in [6, 6.07) is 6.16. The van der Waals surface area contributed by atoms with Crippen molar-refractivity contribution < 1.29 is 43.0 Å². The number of primary amides is 2. The number of aromatic nitrogens is 9. The van der Waals surface area contributed by atoms with Gasteiger partial charge in [0.15, 0.2) is 11.3 Å². The van der Waals surface area contributed by atoms with E-state index in [9.17, 15) is 28.8 Å². The molecule has 6 heterocycles. The molecule has 0 saturated carbocycles. The number of rotatable bonds is 17. The molecule has 394 valence electrons. The van der Waals surface area contributed by atoms with Crippen LogP contribution in [0.15, 0.2) is 42.6 Å². The van der Waals surface area contributed by atoms with Crippen LogP contribution >= 0.6 is 0 Å². The van der Waals surface area contributed by atoms with E-state index in [0.29, 0.717) is 73.0 Å². The van der Waals surface area contributed by atoms with Gasteiger partial charge in [-0.1, -0.05) is 12.2 Å². The molecule has 25 nitrogen and oxygen atoms in total. The number of benzene rings is 1. The number of carbonyl (C=O) groups excluding carboxylic acids is 6. The normalized spacial score (nSPS) is 13.4. The maximum absolute atomic E-state index is 14.5. The van der Waals surface area contributed by atoms with E-state index in [1.54, 1.807) is 78.5 Å². The molecule has 6 amide bonds. The molecule has 1 aliphatic heterocycles. The molecule has 7 rings (SSSR count). The molecule has 0 spiro atoms. The van der Waals surface area contributed by atoms with Gasteiger partial charge >= 0.3 is 12.2 Å². The van der Waals surface area contributed by atoms with Crippen molar-refractivity contribution in [1.82, 2.24) is 53.4 Å². The first-order chi connectivity index (χ1) is 34.9. The minimum absolute atomic E-state index is 0.0248. The highest BCUT2D eigenvalue weighted by molar-refractivity contribution is 6.09. The van der Waals surface area contributed by atoms with Gasteiger partial charge in [-0.25, -0.2) is 24.5 Å². The van der Waals surface area contributed by atoms with Gasteiger partial charge in [-0.2, -0.15) is 10.2 Å². The number of carbonyl (C=O) groups is 6. The molecule has 0 bridgehead atoms. The van der Waals surface area contributed by atoms with E-state index in [4.69, 9.17) is 30.7 Å². The number of pyridine rings is 1. The van der Waals surface area contributed by atoms with E-state index in [2.05, 4.69) is 41.0 Å². The lowest BCUT2D eigenvalue weighted by Gasteiger charge is -2.35. The lowest BCUT2D eigenvalue weighted by Crippen LogP contribution is -2.50. The van der Waals surface area contributed by atoms with Gasteiger partial charge in [0.2, 0.25) is 23.7 Å². The van der Waals surface area contributed by atoms with Crippen molar-refractivity contribution in [1.29, 1.82) is 0 Å². The van der Waals surface area contributed by atoms with E-state index in [0.717, 1.165) is 0 Å². The van der Waals surface area contributed by atoms with Crippen molar-refractivity contribution in [3.8, 4) is 5.75 Å². The SMILES string of the molecule is CCn1nc(C)cc1C(=O)Nc1nc2cc(C(N)=O)cnc2n1C/C=C/Cn1c(NC(=O)c2c(NC(=O)OC(C)(C)C)c(C)nn2CC)nc2cc(C(N)=O)cc(OCCN3CCN(C(=O)OC(C)(C)C)CC3)c21. The van der Waals surface area contributed by atoms with E-state index in [-0.39, 0.29) is 78.0 Å². The first-order valence-corrected chi connectivity index (χ1v) is 24.2. The van der Waals surface area contributed by atoms with E-state index in [1.165, 1.54) is 29.1 Å². The Morgan fingerprint density at radius 1 is 0.716 bits per heavy atom. The molecule has 1 aromatic carbocycles. The first kappa shape index (κ1) is 53.4. The molecule has 7 N–H and O–H groups in total. The lowest BCUT2D eigenvalue weighted by atomic mass is 10.1. The fourth-order valence-corrected chi connectivity index (χ4v) is 8.19. The Labute approximate surface area is 426 Å². The van der Waals surface area contributed by atoms with Crippen molar-refractivity contribution in [2.45, 2.75) is 107 Å².